The molecule has 1 fully saturated rings. The molecule has 1 aromatic rings. The largest absolute Gasteiger partial charge is 0.393 e. The number of aliphatic hydroxyl groups excluding tert-OH is 2. The fourth-order valence-corrected chi connectivity index (χ4v) is 4.50. The van der Waals surface area contributed by atoms with E-state index in [1.165, 1.54) is 18.4 Å². The van der Waals surface area contributed by atoms with Gasteiger partial charge in [-0.15, -0.1) is 0 Å². The molecule has 1 saturated carbocycles. The van der Waals surface area contributed by atoms with Crippen molar-refractivity contribution in [2.45, 2.75) is 83.0 Å². The molecule has 154 valence electrons. The van der Waals surface area contributed by atoms with Crippen LogP contribution in [0.15, 0.2) is 42.5 Å². The third kappa shape index (κ3) is 7.66. The molecule has 4 heteroatoms. The van der Waals surface area contributed by atoms with Crippen LogP contribution in [-0.2, 0) is 10.9 Å². The van der Waals surface area contributed by atoms with Crippen LogP contribution < -0.4 is 0 Å². The van der Waals surface area contributed by atoms with E-state index in [1.807, 2.05) is 6.07 Å². The van der Waals surface area contributed by atoms with Crippen LogP contribution in [0.4, 0.5) is 0 Å². The van der Waals surface area contributed by atoms with Gasteiger partial charge in [0.25, 0.3) is 0 Å². The van der Waals surface area contributed by atoms with Crippen LogP contribution in [0.1, 0.15) is 65.3 Å². The average molecular weight is 397 g/mol. The van der Waals surface area contributed by atoms with Gasteiger partial charge in [0.05, 0.1) is 18.3 Å². The molecule has 6 atom stereocenters. The van der Waals surface area contributed by atoms with Crippen molar-refractivity contribution in [1.82, 2.24) is 0 Å². The van der Waals surface area contributed by atoms with Gasteiger partial charge in [-0.05, 0) is 62.3 Å². The van der Waals surface area contributed by atoms with Crippen LogP contribution in [-0.4, -0.2) is 28.5 Å². The minimum absolute atomic E-state index is 0. The summed E-state index contributed by atoms with van der Waals surface area (Å²) in [5, 5.41) is 20.8. The Labute approximate surface area is 169 Å². The summed E-state index contributed by atoms with van der Waals surface area (Å²) in [6.45, 7) is 2.20. The lowest BCUT2D eigenvalue weighted by Gasteiger charge is -2.24. The maximum atomic E-state index is 10.4. The van der Waals surface area contributed by atoms with Gasteiger partial charge < -0.3 is 14.7 Å². The Bertz CT molecular complexity index is 540. The van der Waals surface area contributed by atoms with Crippen molar-refractivity contribution >= 4 is 9.47 Å². The molecule has 2 rings (SSSR count). The highest BCUT2D eigenvalue weighted by Crippen LogP contribution is 2.38. The fourth-order valence-electron chi connectivity index (χ4n) is 4.23. The quantitative estimate of drug-likeness (QED) is 0.286. The van der Waals surface area contributed by atoms with Crippen LogP contribution in [0.3, 0.4) is 0 Å². The van der Waals surface area contributed by atoms with Gasteiger partial charge in [-0.25, -0.2) is 0 Å². The summed E-state index contributed by atoms with van der Waals surface area (Å²) in [4.78, 5) is 0. The standard InChI is InChI=1S/C23H37O3P.H2/c1-2-3-4-5-9-12-20-21(23(25)17-22(20)24)16-15-19(26-27)14-13-18-10-7-6-8-11-18;/h5-11,19-25H,2-4,12-17,27H2,1H3;1H/b9-5-;/t19-,20+,21+,22-,23+;/m0./s1/i;1+2. The van der Waals surface area contributed by atoms with E-state index < -0.39 is 6.10 Å². The minimum atomic E-state index is -0.395. The summed E-state index contributed by atoms with van der Waals surface area (Å²) < 4.78 is 5.61. The van der Waals surface area contributed by atoms with E-state index in [0.29, 0.717) is 6.42 Å². The van der Waals surface area contributed by atoms with Crippen LogP contribution in [0.25, 0.3) is 0 Å². The molecule has 0 radical (unpaired) electrons. The van der Waals surface area contributed by atoms with Gasteiger partial charge in [-0.3, -0.25) is 0 Å². The van der Waals surface area contributed by atoms with E-state index in [9.17, 15) is 10.2 Å². The number of aryl methyl sites for hydroxylation is 1. The lowest BCUT2D eigenvalue weighted by molar-refractivity contribution is 0.0956. The lowest BCUT2D eigenvalue weighted by atomic mass is 9.85. The average Bonchev–Trinajstić information content (AvgIpc) is 2.95. The van der Waals surface area contributed by atoms with Crippen LogP contribution in [0.5, 0.6) is 0 Å². The summed E-state index contributed by atoms with van der Waals surface area (Å²) in [5.41, 5.74) is 1.33. The molecule has 1 aromatic carbocycles. The molecule has 0 aliphatic heterocycles. The molecular formula is C23H39O3P. The Kier molecular flexibility index (Phi) is 10.6. The number of allylic oxidation sites excluding steroid dienone is 2. The molecule has 0 amide bonds. The van der Waals surface area contributed by atoms with Crippen molar-refractivity contribution < 1.29 is 16.2 Å². The zero-order valence-corrected chi connectivity index (χ0v) is 17.8. The minimum Gasteiger partial charge on any atom is -0.393 e. The summed E-state index contributed by atoms with van der Waals surface area (Å²) in [6.07, 6.45) is 12.5. The summed E-state index contributed by atoms with van der Waals surface area (Å²) in [5.74, 6) is 0.326. The first-order valence-corrected chi connectivity index (χ1v) is 11.0. The predicted molar refractivity (Wildman–Crippen MR) is 118 cm³/mol. The van der Waals surface area contributed by atoms with Crippen molar-refractivity contribution in [3.05, 3.63) is 48.0 Å². The van der Waals surface area contributed by atoms with E-state index in [0.717, 1.165) is 38.5 Å². The molecule has 3 nitrogen and oxygen atoms in total. The van der Waals surface area contributed by atoms with Crippen molar-refractivity contribution in [3.8, 4) is 0 Å². The fraction of sp³-hybridized carbons (Fsp3) is 0.652. The van der Waals surface area contributed by atoms with Gasteiger partial charge in [-0.2, -0.15) is 0 Å². The number of rotatable bonds is 12. The van der Waals surface area contributed by atoms with Crippen molar-refractivity contribution in [2.75, 3.05) is 0 Å². The predicted octanol–water partition coefficient (Wildman–Crippen LogP) is 5.32. The SMILES string of the molecule is CCCC/C=C\C[C@@H]1[C@@H](CC[C@H](CCc2ccccc2)OP)[C@H](O)C[C@@H]1O.[3HH]. The maximum absolute atomic E-state index is 10.4. The van der Waals surface area contributed by atoms with Gasteiger partial charge in [0, 0.05) is 10.9 Å². The van der Waals surface area contributed by atoms with E-state index in [2.05, 4.69) is 52.8 Å². The molecule has 0 aromatic heterocycles. The summed E-state index contributed by atoms with van der Waals surface area (Å²) >= 11 is 0. The second kappa shape index (κ2) is 12.7. The molecule has 0 saturated heterocycles. The summed E-state index contributed by atoms with van der Waals surface area (Å²) in [6, 6.07) is 10.5. The zero-order chi connectivity index (χ0) is 19.5. The lowest BCUT2D eigenvalue weighted by Crippen LogP contribution is -2.23. The van der Waals surface area contributed by atoms with Crippen LogP contribution >= 0.6 is 9.47 Å². The van der Waals surface area contributed by atoms with Crippen molar-refractivity contribution in [2.24, 2.45) is 11.8 Å². The molecule has 27 heavy (non-hydrogen) atoms. The van der Waals surface area contributed by atoms with E-state index in [1.54, 1.807) is 0 Å². The molecular weight excluding hydrogens is 355 g/mol. The first-order valence-electron chi connectivity index (χ1n) is 10.6. The van der Waals surface area contributed by atoms with Gasteiger partial charge in [-0.1, -0.05) is 62.2 Å². The Balaban J connectivity index is 0.00000392. The highest BCUT2D eigenvalue weighted by Gasteiger charge is 2.40. The van der Waals surface area contributed by atoms with Gasteiger partial charge in [0.1, 0.15) is 0 Å². The second-order valence-electron chi connectivity index (χ2n) is 7.91. The molecule has 1 aliphatic rings. The molecule has 0 heterocycles. The molecule has 1 unspecified atom stereocenters. The van der Waals surface area contributed by atoms with Crippen molar-refractivity contribution in [3.63, 3.8) is 0 Å². The van der Waals surface area contributed by atoms with Gasteiger partial charge in [0.2, 0.25) is 0 Å². The highest BCUT2D eigenvalue weighted by molar-refractivity contribution is 7.09. The van der Waals surface area contributed by atoms with Gasteiger partial charge in [0.15, 0.2) is 0 Å². The number of aliphatic hydroxyl groups is 2. The molecule has 2 N–H and O–H groups in total. The maximum Gasteiger partial charge on any atom is 0.0614 e. The third-order valence-corrected chi connectivity index (χ3v) is 6.32. The van der Waals surface area contributed by atoms with E-state index >= 15 is 0 Å². The smallest absolute Gasteiger partial charge is 0.0614 e. The van der Waals surface area contributed by atoms with Crippen molar-refractivity contribution in [1.29, 1.82) is 0 Å². The number of hydrogen-bond donors (Lipinski definition) is 2. The Hall–Kier alpha value is -0.730. The first-order chi connectivity index (χ1) is 13.2. The second-order valence-corrected chi connectivity index (χ2v) is 8.18. The third-order valence-electron chi connectivity index (χ3n) is 5.93. The molecule has 0 spiro atoms. The molecule has 0 bridgehead atoms. The Morgan fingerprint density at radius 3 is 2.59 bits per heavy atom. The van der Waals surface area contributed by atoms with Gasteiger partial charge >= 0.3 is 0 Å². The highest BCUT2D eigenvalue weighted by atomic mass is 31.0. The van der Waals surface area contributed by atoms with Crippen LogP contribution in [0, 0.1) is 11.8 Å². The molecule has 1 aliphatic carbocycles. The Morgan fingerprint density at radius 2 is 1.89 bits per heavy atom. The summed E-state index contributed by atoms with van der Waals surface area (Å²) in [7, 11) is 2.40. The zero-order valence-electron chi connectivity index (χ0n) is 16.7. The monoisotopic (exact) mass is 396 g/mol. The van der Waals surface area contributed by atoms with E-state index in [4.69, 9.17) is 4.52 Å². The first kappa shape index (κ1) is 22.6. The van der Waals surface area contributed by atoms with E-state index in [-0.39, 0.29) is 25.5 Å². The number of hydrogen-bond acceptors (Lipinski definition) is 3. The normalized spacial score (nSPS) is 26.7. The Morgan fingerprint density at radius 1 is 1.15 bits per heavy atom. The van der Waals surface area contributed by atoms with Crippen LogP contribution in [0.2, 0.25) is 0 Å². The number of unbranched alkanes of at least 4 members (excludes halogenated alkanes) is 2. The number of benzene rings is 1. The topological polar surface area (TPSA) is 49.7 Å².